The predicted molar refractivity (Wildman–Crippen MR) is 49.8 cm³/mol. The Labute approximate surface area is 80.1 Å². The van der Waals surface area contributed by atoms with Crippen molar-refractivity contribution >= 4 is 17.8 Å². The third-order valence-corrected chi connectivity index (χ3v) is 1.56. The zero-order valence-corrected chi connectivity index (χ0v) is 7.18. The molecule has 72 valence electrons. The summed E-state index contributed by atoms with van der Waals surface area (Å²) in [7, 11) is 0. The van der Waals surface area contributed by atoms with Gasteiger partial charge in [0, 0.05) is 5.56 Å². The molecule has 0 saturated carbocycles. The maximum Gasteiger partial charge on any atom is 0.376 e. The zero-order valence-electron chi connectivity index (χ0n) is 7.18. The van der Waals surface area contributed by atoms with E-state index in [1.54, 1.807) is 18.2 Å². The molecule has 0 spiro atoms. The maximum absolute atomic E-state index is 10.7. The number of rotatable bonds is 3. The van der Waals surface area contributed by atoms with Gasteiger partial charge in [-0.25, -0.2) is 4.79 Å². The van der Waals surface area contributed by atoms with Gasteiger partial charge in [-0.2, -0.15) is 0 Å². The summed E-state index contributed by atoms with van der Waals surface area (Å²) in [6.45, 7) is 0. The number of para-hydroxylation sites is 1. The molecule has 0 aromatic heterocycles. The first-order chi connectivity index (χ1) is 6.61. The normalized spacial score (nSPS) is 10.3. The fourth-order valence-corrected chi connectivity index (χ4v) is 0.865. The average molecular weight is 192 g/mol. The van der Waals surface area contributed by atoms with Gasteiger partial charge in [0.25, 0.3) is 5.78 Å². The smallest absolute Gasteiger partial charge is 0.376 e. The van der Waals surface area contributed by atoms with E-state index in [0.717, 1.165) is 6.08 Å². The molecule has 1 aromatic carbocycles. The first kappa shape index (κ1) is 9.98. The van der Waals surface area contributed by atoms with Gasteiger partial charge in [-0.15, -0.1) is 0 Å². The van der Waals surface area contributed by atoms with E-state index in [2.05, 4.69) is 0 Å². The lowest BCUT2D eigenvalue weighted by atomic mass is 10.2. The Bertz CT molecular complexity index is 393. The van der Waals surface area contributed by atoms with Gasteiger partial charge in [0.1, 0.15) is 5.75 Å². The second kappa shape index (κ2) is 4.23. The Balaban J connectivity index is 2.84. The molecule has 0 bridgehead atoms. The average Bonchev–Trinajstić information content (AvgIpc) is 2.16. The van der Waals surface area contributed by atoms with Gasteiger partial charge in [0.05, 0.1) is 0 Å². The molecule has 0 heterocycles. The van der Waals surface area contributed by atoms with Crippen molar-refractivity contribution in [3.05, 3.63) is 35.9 Å². The van der Waals surface area contributed by atoms with E-state index in [0.29, 0.717) is 5.56 Å². The molecule has 0 amide bonds. The highest BCUT2D eigenvalue weighted by Gasteiger charge is 2.05. The molecule has 0 aliphatic rings. The molecule has 0 aliphatic carbocycles. The van der Waals surface area contributed by atoms with Crippen molar-refractivity contribution in [1.29, 1.82) is 0 Å². The molecule has 0 fully saturated rings. The Morgan fingerprint density at radius 3 is 2.43 bits per heavy atom. The SMILES string of the molecule is O=C(O)C(=O)/C=C\c1ccccc1O. The highest BCUT2D eigenvalue weighted by atomic mass is 16.4. The Morgan fingerprint density at radius 1 is 1.21 bits per heavy atom. The number of carbonyl (C=O) groups is 2. The van der Waals surface area contributed by atoms with Gasteiger partial charge in [-0.3, -0.25) is 4.79 Å². The van der Waals surface area contributed by atoms with Crippen LogP contribution in [-0.2, 0) is 9.59 Å². The van der Waals surface area contributed by atoms with Crippen molar-refractivity contribution in [2.45, 2.75) is 0 Å². The molecule has 0 unspecified atom stereocenters. The van der Waals surface area contributed by atoms with Crippen molar-refractivity contribution < 1.29 is 19.8 Å². The van der Waals surface area contributed by atoms with Crippen molar-refractivity contribution in [2.24, 2.45) is 0 Å². The van der Waals surface area contributed by atoms with E-state index in [9.17, 15) is 14.7 Å². The third-order valence-electron chi connectivity index (χ3n) is 1.56. The van der Waals surface area contributed by atoms with Gasteiger partial charge in [0.15, 0.2) is 0 Å². The minimum Gasteiger partial charge on any atom is -0.507 e. The monoisotopic (exact) mass is 192 g/mol. The van der Waals surface area contributed by atoms with Gasteiger partial charge < -0.3 is 10.2 Å². The Morgan fingerprint density at radius 2 is 1.86 bits per heavy atom. The highest BCUT2D eigenvalue weighted by molar-refractivity contribution is 6.38. The van der Waals surface area contributed by atoms with Crippen LogP contribution in [0.5, 0.6) is 5.75 Å². The molecule has 0 aliphatic heterocycles. The van der Waals surface area contributed by atoms with Crippen LogP contribution in [0, 0.1) is 0 Å². The lowest BCUT2D eigenvalue weighted by Crippen LogP contribution is -2.08. The predicted octanol–water partition coefficient (Wildman–Crippen LogP) is 1.06. The molecule has 0 saturated heterocycles. The summed E-state index contributed by atoms with van der Waals surface area (Å²) in [5, 5.41) is 17.5. The number of ketones is 1. The summed E-state index contributed by atoms with van der Waals surface area (Å²) in [5.41, 5.74) is 0.405. The van der Waals surface area contributed by atoms with E-state index < -0.39 is 11.8 Å². The fraction of sp³-hybridized carbons (Fsp3) is 0. The second-order valence-electron chi connectivity index (χ2n) is 2.56. The summed E-state index contributed by atoms with van der Waals surface area (Å²) >= 11 is 0. The minimum atomic E-state index is -1.52. The molecule has 14 heavy (non-hydrogen) atoms. The minimum absolute atomic E-state index is 0.00180. The van der Waals surface area contributed by atoms with Crippen LogP contribution in [0.25, 0.3) is 6.08 Å². The molecular formula is C10H8O4. The van der Waals surface area contributed by atoms with Gasteiger partial charge >= 0.3 is 5.97 Å². The van der Waals surface area contributed by atoms with Gasteiger partial charge in [-0.05, 0) is 18.2 Å². The van der Waals surface area contributed by atoms with Crippen LogP contribution < -0.4 is 0 Å². The maximum atomic E-state index is 10.7. The van der Waals surface area contributed by atoms with E-state index in [4.69, 9.17) is 5.11 Å². The molecule has 0 atom stereocenters. The number of phenols is 1. The molecule has 4 heteroatoms. The summed E-state index contributed by atoms with van der Waals surface area (Å²) in [4.78, 5) is 20.8. The van der Waals surface area contributed by atoms with Crippen molar-refractivity contribution in [3.8, 4) is 5.75 Å². The van der Waals surface area contributed by atoms with E-state index >= 15 is 0 Å². The van der Waals surface area contributed by atoms with E-state index in [1.165, 1.54) is 12.1 Å². The van der Waals surface area contributed by atoms with Crippen LogP contribution in [0.4, 0.5) is 0 Å². The van der Waals surface area contributed by atoms with Crippen LogP contribution in [-0.4, -0.2) is 22.0 Å². The van der Waals surface area contributed by atoms with Gasteiger partial charge in [-0.1, -0.05) is 18.2 Å². The largest absolute Gasteiger partial charge is 0.507 e. The first-order valence-electron chi connectivity index (χ1n) is 3.84. The summed E-state index contributed by atoms with van der Waals surface area (Å²) in [5.74, 6) is -2.54. The molecule has 4 nitrogen and oxygen atoms in total. The van der Waals surface area contributed by atoms with Crippen molar-refractivity contribution in [2.75, 3.05) is 0 Å². The number of carbonyl (C=O) groups excluding carboxylic acids is 1. The topological polar surface area (TPSA) is 74.6 Å². The highest BCUT2D eigenvalue weighted by Crippen LogP contribution is 2.16. The van der Waals surface area contributed by atoms with E-state index in [1.807, 2.05) is 0 Å². The Hall–Kier alpha value is -2.10. The summed E-state index contributed by atoms with van der Waals surface area (Å²) in [6.07, 6.45) is 2.16. The number of aliphatic carboxylic acids is 1. The zero-order chi connectivity index (χ0) is 10.6. The molecule has 2 N–H and O–H groups in total. The molecule has 1 rings (SSSR count). The quantitative estimate of drug-likeness (QED) is 0.554. The Kier molecular flexibility index (Phi) is 3.01. The van der Waals surface area contributed by atoms with Crippen molar-refractivity contribution in [3.63, 3.8) is 0 Å². The fourth-order valence-electron chi connectivity index (χ4n) is 0.865. The molecule has 1 aromatic rings. The third kappa shape index (κ3) is 2.45. The number of carboxylic acids is 1. The number of aromatic hydroxyl groups is 1. The molecule has 0 radical (unpaired) electrons. The number of hydrogen-bond acceptors (Lipinski definition) is 3. The van der Waals surface area contributed by atoms with Crippen LogP contribution in [0.1, 0.15) is 5.56 Å². The summed E-state index contributed by atoms with van der Waals surface area (Å²) < 4.78 is 0. The number of phenolic OH excluding ortho intramolecular Hbond substituents is 1. The summed E-state index contributed by atoms with van der Waals surface area (Å²) in [6, 6.07) is 6.32. The van der Waals surface area contributed by atoms with Crippen LogP contribution >= 0.6 is 0 Å². The van der Waals surface area contributed by atoms with Gasteiger partial charge in [0.2, 0.25) is 0 Å². The number of carboxylic acid groups (broad SMARTS) is 1. The second-order valence-corrected chi connectivity index (χ2v) is 2.56. The lowest BCUT2D eigenvalue weighted by molar-refractivity contribution is -0.146. The molecular weight excluding hydrogens is 184 g/mol. The van der Waals surface area contributed by atoms with Crippen molar-refractivity contribution in [1.82, 2.24) is 0 Å². The van der Waals surface area contributed by atoms with Crippen LogP contribution in [0.2, 0.25) is 0 Å². The first-order valence-corrected chi connectivity index (χ1v) is 3.84. The number of benzene rings is 1. The standard InChI is InChI=1S/C10H8O4/c11-8-4-2-1-3-7(8)5-6-9(12)10(13)14/h1-6,11H,(H,13,14)/b6-5-. The van der Waals surface area contributed by atoms with Crippen LogP contribution in [0.15, 0.2) is 30.3 Å². The van der Waals surface area contributed by atoms with E-state index in [-0.39, 0.29) is 5.75 Å². The lowest BCUT2D eigenvalue weighted by Gasteiger charge is -1.95. The number of hydrogen-bond donors (Lipinski definition) is 2. The van der Waals surface area contributed by atoms with Crippen LogP contribution in [0.3, 0.4) is 0 Å².